The molecule has 1 aliphatic carbocycles. The number of aromatic nitrogens is 4. The van der Waals surface area contributed by atoms with Crippen molar-refractivity contribution in [3.05, 3.63) is 0 Å². The Labute approximate surface area is 84.5 Å². The van der Waals surface area contributed by atoms with Crippen molar-refractivity contribution in [3.8, 4) is 0 Å². The van der Waals surface area contributed by atoms with Crippen molar-refractivity contribution >= 4 is 16.7 Å². The van der Waals surface area contributed by atoms with Gasteiger partial charge in [-0.15, -0.1) is 0 Å². The zero-order valence-corrected chi connectivity index (χ0v) is 9.04. The average Bonchev–Trinajstić information content (AvgIpc) is 2.83. The van der Waals surface area contributed by atoms with Crippen LogP contribution < -0.4 is 5.32 Å². The van der Waals surface area contributed by atoms with Crippen LogP contribution in [-0.2, 0) is 17.8 Å². The van der Waals surface area contributed by atoms with Gasteiger partial charge >= 0.3 is 0 Å². The summed E-state index contributed by atoms with van der Waals surface area (Å²) in [5.41, 5.74) is 0. The van der Waals surface area contributed by atoms with Gasteiger partial charge in [0.2, 0.25) is 5.95 Å². The summed E-state index contributed by atoms with van der Waals surface area (Å²) in [4.78, 5) is 0. The monoisotopic (exact) mass is 215 g/mol. The van der Waals surface area contributed by atoms with E-state index in [9.17, 15) is 4.21 Å². The Morgan fingerprint density at radius 1 is 1.64 bits per heavy atom. The molecule has 1 saturated carbocycles. The smallest absolute Gasteiger partial charge is 0.242 e. The van der Waals surface area contributed by atoms with Crippen LogP contribution in [0.25, 0.3) is 0 Å². The molecule has 1 fully saturated rings. The van der Waals surface area contributed by atoms with Crippen molar-refractivity contribution in [1.29, 1.82) is 0 Å². The summed E-state index contributed by atoms with van der Waals surface area (Å²) in [6.45, 7) is 0.685. The normalized spacial score (nSPS) is 20.4. The molecule has 7 heteroatoms. The van der Waals surface area contributed by atoms with Crippen molar-refractivity contribution < 1.29 is 4.21 Å². The predicted molar refractivity (Wildman–Crippen MR) is 53.3 cm³/mol. The molecule has 0 saturated heterocycles. The minimum Gasteiger partial charge on any atom is -0.352 e. The Balaban J connectivity index is 1.95. The molecule has 1 aromatic rings. The molecule has 0 spiro atoms. The van der Waals surface area contributed by atoms with E-state index >= 15 is 0 Å². The molecule has 0 radical (unpaired) electrons. The van der Waals surface area contributed by atoms with Crippen molar-refractivity contribution in [2.75, 3.05) is 18.1 Å². The van der Waals surface area contributed by atoms with Crippen molar-refractivity contribution in [1.82, 2.24) is 20.2 Å². The molecule has 1 atom stereocenters. The maximum atomic E-state index is 11.4. The van der Waals surface area contributed by atoms with Gasteiger partial charge in [0.05, 0.1) is 4.75 Å². The highest BCUT2D eigenvalue weighted by Crippen LogP contribution is 2.40. The maximum absolute atomic E-state index is 11.4. The summed E-state index contributed by atoms with van der Waals surface area (Å²) < 4.78 is 12.9. The molecule has 0 aliphatic heterocycles. The molecule has 2 rings (SSSR count). The first-order valence-electron chi connectivity index (χ1n) is 4.44. The van der Waals surface area contributed by atoms with Crippen molar-refractivity contribution in [3.63, 3.8) is 0 Å². The Hall–Kier alpha value is -0.980. The molecule has 1 aliphatic rings. The summed E-state index contributed by atoms with van der Waals surface area (Å²) in [5.74, 6) is 0.627. The van der Waals surface area contributed by atoms with Crippen LogP contribution in [0.4, 0.5) is 5.95 Å². The van der Waals surface area contributed by atoms with E-state index in [1.807, 2.05) is 0 Å². The lowest BCUT2D eigenvalue weighted by Gasteiger charge is -2.12. The van der Waals surface area contributed by atoms with Gasteiger partial charge in [-0.25, -0.2) is 4.68 Å². The second kappa shape index (κ2) is 3.30. The lowest BCUT2D eigenvalue weighted by molar-refractivity contribution is 0.672. The minimum atomic E-state index is -0.773. The number of hydrogen-bond donors (Lipinski definition) is 1. The van der Waals surface area contributed by atoms with Gasteiger partial charge in [0.1, 0.15) is 0 Å². The molecule has 1 aromatic heterocycles. The van der Waals surface area contributed by atoms with Crippen LogP contribution in [0.5, 0.6) is 0 Å². The predicted octanol–water partition coefficient (Wildman–Crippen LogP) is -0.467. The molecule has 78 valence electrons. The van der Waals surface area contributed by atoms with E-state index < -0.39 is 10.8 Å². The molecule has 0 amide bonds. The van der Waals surface area contributed by atoms with Crippen LogP contribution in [-0.4, -0.2) is 42.0 Å². The number of tetrazole rings is 1. The van der Waals surface area contributed by atoms with E-state index in [2.05, 4.69) is 20.8 Å². The largest absolute Gasteiger partial charge is 0.352 e. The SMILES string of the molecule is Cn1nnnc1NCC1(S(C)=O)CC1. The molecular weight excluding hydrogens is 202 g/mol. The van der Waals surface area contributed by atoms with Crippen LogP contribution in [0.2, 0.25) is 0 Å². The van der Waals surface area contributed by atoms with E-state index in [1.54, 1.807) is 18.0 Å². The number of nitrogens with zero attached hydrogens (tertiary/aromatic N) is 4. The van der Waals surface area contributed by atoms with Crippen LogP contribution in [0, 0.1) is 0 Å². The molecule has 1 N–H and O–H groups in total. The average molecular weight is 215 g/mol. The third-order valence-corrected chi connectivity index (χ3v) is 4.38. The fourth-order valence-electron chi connectivity index (χ4n) is 1.32. The van der Waals surface area contributed by atoms with Gasteiger partial charge in [-0.05, 0) is 23.3 Å². The topological polar surface area (TPSA) is 72.7 Å². The zero-order chi connectivity index (χ0) is 10.2. The lowest BCUT2D eigenvalue weighted by atomic mass is 10.4. The number of nitrogens with one attached hydrogen (secondary N) is 1. The first-order chi connectivity index (χ1) is 6.64. The highest BCUT2D eigenvalue weighted by molar-refractivity contribution is 7.86. The quantitative estimate of drug-likeness (QED) is 0.735. The van der Waals surface area contributed by atoms with Crippen LogP contribution >= 0.6 is 0 Å². The highest BCUT2D eigenvalue weighted by Gasteiger charge is 2.46. The van der Waals surface area contributed by atoms with Gasteiger partial charge in [-0.2, -0.15) is 0 Å². The fraction of sp³-hybridized carbons (Fsp3) is 0.857. The number of rotatable bonds is 4. The van der Waals surface area contributed by atoms with Gasteiger partial charge in [-0.3, -0.25) is 4.21 Å². The van der Waals surface area contributed by atoms with Gasteiger partial charge in [0.15, 0.2) is 0 Å². The summed E-state index contributed by atoms with van der Waals surface area (Å²) >= 11 is 0. The summed E-state index contributed by atoms with van der Waals surface area (Å²) in [5, 5.41) is 14.1. The Kier molecular flexibility index (Phi) is 2.26. The lowest BCUT2D eigenvalue weighted by Crippen LogP contribution is -2.27. The number of anilines is 1. The summed E-state index contributed by atoms with van der Waals surface area (Å²) in [7, 11) is 0.995. The third-order valence-electron chi connectivity index (χ3n) is 2.61. The third kappa shape index (κ3) is 1.63. The summed E-state index contributed by atoms with van der Waals surface area (Å²) in [6, 6.07) is 0. The van der Waals surface area contributed by atoms with E-state index in [4.69, 9.17) is 0 Å². The van der Waals surface area contributed by atoms with Crippen LogP contribution in [0.1, 0.15) is 12.8 Å². The molecule has 6 nitrogen and oxygen atoms in total. The Bertz CT molecular complexity index is 359. The fourth-order valence-corrected chi connectivity index (χ4v) is 2.28. The Morgan fingerprint density at radius 2 is 2.36 bits per heavy atom. The molecule has 0 aromatic carbocycles. The second-order valence-corrected chi connectivity index (χ2v) is 5.39. The van der Waals surface area contributed by atoms with Gasteiger partial charge < -0.3 is 5.32 Å². The number of hydrogen-bond acceptors (Lipinski definition) is 5. The van der Waals surface area contributed by atoms with Crippen LogP contribution in [0.15, 0.2) is 0 Å². The van der Waals surface area contributed by atoms with Crippen LogP contribution in [0.3, 0.4) is 0 Å². The molecule has 1 unspecified atom stereocenters. The summed E-state index contributed by atoms with van der Waals surface area (Å²) in [6.07, 6.45) is 3.80. The van der Waals surface area contributed by atoms with E-state index in [0.29, 0.717) is 12.5 Å². The van der Waals surface area contributed by atoms with E-state index in [0.717, 1.165) is 12.8 Å². The highest BCUT2D eigenvalue weighted by atomic mass is 32.2. The van der Waals surface area contributed by atoms with E-state index in [-0.39, 0.29) is 4.75 Å². The number of aryl methyl sites for hydroxylation is 1. The van der Waals surface area contributed by atoms with E-state index in [1.165, 1.54) is 0 Å². The molecule has 1 heterocycles. The zero-order valence-electron chi connectivity index (χ0n) is 8.23. The minimum absolute atomic E-state index is 0.0358. The van der Waals surface area contributed by atoms with Gasteiger partial charge in [-0.1, -0.05) is 5.10 Å². The first kappa shape index (κ1) is 9.57. The first-order valence-corrected chi connectivity index (χ1v) is 6.00. The van der Waals surface area contributed by atoms with Gasteiger partial charge in [0, 0.05) is 30.6 Å². The maximum Gasteiger partial charge on any atom is 0.242 e. The second-order valence-electron chi connectivity index (χ2n) is 3.62. The molecular formula is C7H13N5OS. The van der Waals surface area contributed by atoms with Crippen molar-refractivity contribution in [2.24, 2.45) is 7.05 Å². The standard InChI is InChI=1S/C7H13N5OS/c1-12-6(9-10-11-12)8-5-7(3-4-7)14(2)13/h3-5H2,1-2H3,(H,8,9,11). The van der Waals surface area contributed by atoms with Crippen molar-refractivity contribution in [2.45, 2.75) is 17.6 Å². The molecule has 0 bridgehead atoms. The Morgan fingerprint density at radius 3 is 2.79 bits per heavy atom. The van der Waals surface area contributed by atoms with Gasteiger partial charge in [0.25, 0.3) is 0 Å². The molecule has 14 heavy (non-hydrogen) atoms.